The van der Waals surface area contributed by atoms with Crippen LogP contribution in [0.25, 0.3) is 0 Å². The quantitative estimate of drug-likeness (QED) is 0.396. The van der Waals surface area contributed by atoms with E-state index in [-0.39, 0.29) is 23.6 Å². The van der Waals surface area contributed by atoms with Gasteiger partial charge < -0.3 is 14.2 Å². The zero-order valence-corrected chi connectivity index (χ0v) is 14.1. The largest absolute Gasteiger partial charge is 0.370 e. The first-order valence-corrected chi connectivity index (χ1v) is 8.41. The molecule has 0 bridgehead atoms. The van der Waals surface area contributed by atoms with Crippen LogP contribution in [0.2, 0.25) is 0 Å². The summed E-state index contributed by atoms with van der Waals surface area (Å²) in [5, 5.41) is 22.8. The van der Waals surface area contributed by atoms with Crippen molar-refractivity contribution in [2.75, 3.05) is 13.2 Å². The van der Waals surface area contributed by atoms with Gasteiger partial charge in [0.05, 0.1) is 34.2 Å². The number of hydrogen-bond donors (Lipinski definition) is 0. The summed E-state index contributed by atoms with van der Waals surface area (Å²) in [6.45, 7) is 0.817. The molecule has 0 N–H and O–H groups in total. The van der Waals surface area contributed by atoms with E-state index in [1.54, 1.807) is 36.4 Å². The highest BCUT2D eigenvalue weighted by Crippen LogP contribution is 2.44. The molecule has 0 radical (unpaired) electrons. The second kappa shape index (κ2) is 7.03. The van der Waals surface area contributed by atoms with E-state index in [0.29, 0.717) is 24.3 Å². The van der Waals surface area contributed by atoms with E-state index in [1.165, 1.54) is 12.1 Å². The second-order valence-corrected chi connectivity index (χ2v) is 6.35. The zero-order valence-electron chi connectivity index (χ0n) is 14.1. The van der Waals surface area contributed by atoms with Crippen LogP contribution in [0.4, 0.5) is 11.4 Å². The molecule has 27 heavy (non-hydrogen) atoms. The van der Waals surface area contributed by atoms with Gasteiger partial charge in [-0.25, -0.2) is 0 Å². The van der Waals surface area contributed by atoms with Gasteiger partial charge in [-0.1, -0.05) is 24.3 Å². The van der Waals surface area contributed by atoms with Crippen molar-refractivity contribution in [1.82, 2.24) is 0 Å². The maximum absolute atomic E-state index is 11.4. The van der Waals surface area contributed by atoms with Gasteiger partial charge in [0.2, 0.25) is 0 Å². The normalized spacial score (nSPS) is 22.7. The SMILES string of the molecule is O=[N+]([O-])c1ccccc1[C@@H](O[C@H](c1ccccc1[N+](=O)[O-])C1CO1)C1CO1. The molecule has 0 aromatic heterocycles. The van der Waals surface area contributed by atoms with Crippen LogP contribution in [0.1, 0.15) is 23.3 Å². The Morgan fingerprint density at radius 1 is 0.815 bits per heavy atom. The van der Waals surface area contributed by atoms with Crippen LogP contribution in [0.3, 0.4) is 0 Å². The molecule has 9 heteroatoms. The third kappa shape index (κ3) is 3.65. The van der Waals surface area contributed by atoms with E-state index in [1.807, 2.05) is 0 Å². The minimum Gasteiger partial charge on any atom is -0.370 e. The van der Waals surface area contributed by atoms with Crippen molar-refractivity contribution in [2.24, 2.45) is 0 Å². The van der Waals surface area contributed by atoms with E-state index >= 15 is 0 Å². The molecule has 2 fully saturated rings. The van der Waals surface area contributed by atoms with Crippen molar-refractivity contribution in [3.8, 4) is 0 Å². The number of nitro benzene ring substituents is 2. The zero-order chi connectivity index (χ0) is 19.0. The van der Waals surface area contributed by atoms with Crippen molar-refractivity contribution in [2.45, 2.75) is 24.4 Å². The summed E-state index contributed by atoms with van der Waals surface area (Å²) in [4.78, 5) is 21.9. The van der Waals surface area contributed by atoms with Gasteiger partial charge >= 0.3 is 0 Å². The number of epoxide rings is 2. The molecule has 2 aliphatic rings. The summed E-state index contributed by atoms with van der Waals surface area (Å²) in [5.41, 5.74) is 0.621. The van der Waals surface area contributed by atoms with Crippen molar-refractivity contribution in [3.05, 3.63) is 79.9 Å². The topological polar surface area (TPSA) is 121 Å². The lowest BCUT2D eigenvalue weighted by Gasteiger charge is -2.23. The van der Waals surface area contributed by atoms with Crippen molar-refractivity contribution < 1.29 is 24.1 Å². The summed E-state index contributed by atoms with van der Waals surface area (Å²) < 4.78 is 16.9. The van der Waals surface area contributed by atoms with Crippen LogP contribution in [-0.2, 0) is 14.2 Å². The molecular formula is C18H16N2O7. The first-order valence-electron chi connectivity index (χ1n) is 8.41. The fourth-order valence-corrected chi connectivity index (χ4v) is 3.13. The Bertz CT molecular complexity index is 808. The summed E-state index contributed by atoms with van der Waals surface area (Å²) in [6, 6.07) is 12.6. The van der Waals surface area contributed by atoms with Gasteiger partial charge in [-0.2, -0.15) is 0 Å². The lowest BCUT2D eigenvalue weighted by molar-refractivity contribution is -0.387. The highest BCUT2D eigenvalue weighted by Gasteiger charge is 2.45. The van der Waals surface area contributed by atoms with Gasteiger partial charge in [-0.15, -0.1) is 0 Å². The number of benzene rings is 2. The van der Waals surface area contributed by atoms with Crippen LogP contribution < -0.4 is 0 Å². The van der Waals surface area contributed by atoms with Gasteiger partial charge in [0.1, 0.15) is 24.4 Å². The molecule has 140 valence electrons. The molecule has 4 atom stereocenters. The van der Waals surface area contributed by atoms with Crippen LogP contribution in [0.15, 0.2) is 48.5 Å². The Balaban J connectivity index is 1.71. The molecule has 4 rings (SSSR count). The minimum absolute atomic E-state index is 0.0731. The lowest BCUT2D eigenvalue weighted by atomic mass is 10.0. The monoisotopic (exact) mass is 372 g/mol. The molecule has 2 heterocycles. The maximum Gasteiger partial charge on any atom is 0.275 e. The van der Waals surface area contributed by atoms with Gasteiger partial charge in [0, 0.05) is 12.1 Å². The van der Waals surface area contributed by atoms with Gasteiger partial charge in [0.15, 0.2) is 0 Å². The lowest BCUT2D eigenvalue weighted by Crippen LogP contribution is -2.20. The standard InChI is InChI=1S/C18H16N2O7/c21-19(22)13-7-3-1-5-11(13)17(15-9-25-15)27-18(16-10-26-16)12-6-2-4-8-14(12)20(23)24/h1-8,15-18H,9-10H2/t15?,16?,17-,18-/m1/s1. The maximum atomic E-state index is 11.4. The summed E-state index contributed by atoms with van der Waals surface area (Å²) >= 11 is 0. The molecule has 2 aromatic carbocycles. The van der Waals surface area contributed by atoms with Crippen molar-refractivity contribution in [3.63, 3.8) is 0 Å². The van der Waals surface area contributed by atoms with Gasteiger partial charge in [-0.3, -0.25) is 20.2 Å². The smallest absolute Gasteiger partial charge is 0.275 e. The Morgan fingerprint density at radius 2 is 1.19 bits per heavy atom. The molecule has 0 spiro atoms. The van der Waals surface area contributed by atoms with Crippen LogP contribution >= 0.6 is 0 Å². The third-order valence-corrected chi connectivity index (χ3v) is 4.57. The van der Waals surface area contributed by atoms with Crippen LogP contribution in [-0.4, -0.2) is 35.3 Å². The summed E-state index contributed by atoms with van der Waals surface area (Å²) in [7, 11) is 0. The van der Waals surface area contributed by atoms with E-state index < -0.39 is 22.1 Å². The fourth-order valence-electron chi connectivity index (χ4n) is 3.13. The van der Waals surface area contributed by atoms with E-state index in [0.717, 1.165) is 0 Å². The summed E-state index contributed by atoms with van der Waals surface area (Å²) in [5.74, 6) is 0. The molecule has 9 nitrogen and oxygen atoms in total. The van der Waals surface area contributed by atoms with E-state index in [9.17, 15) is 20.2 Å². The van der Waals surface area contributed by atoms with Crippen LogP contribution in [0.5, 0.6) is 0 Å². The van der Waals surface area contributed by atoms with Gasteiger partial charge in [-0.05, 0) is 12.1 Å². The Hall–Kier alpha value is -2.88. The highest BCUT2D eigenvalue weighted by atomic mass is 16.6. The van der Waals surface area contributed by atoms with Crippen molar-refractivity contribution in [1.29, 1.82) is 0 Å². The van der Waals surface area contributed by atoms with Crippen LogP contribution in [0, 0.1) is 20.2 Å². The summed E-state index contributed by atoms with van der Waals surface area (Å²) in [6.07, 6.45) is -2.12. The third-order valence-electron chi connectivity index (χ3n) is 4.57. The number of para-hydroxylation sites is 2. The Kier molecular flexibility index (Phi) is 4.56. The highest BCUT2D eigenvalue weighted by molar-refractivity contribution is 5.44. The molecule has 2 aromatic rings. The first-order chi connectivity index (χ1) is 13.1. The first kappa shape index (κ1) is 17.5. The number of nitro groups is 2. The second-order valence-electron chi connectivity index (χ2n) is 6.35. The molecule has 0 saturated carbocycles. The van der Waals surface area contributed by atoms with E-state index in [2.05, 4.69) is 0 Å². The number of hydrogen-bond acceptors (Lipinski definition) is 7. The fraction of sp³-hybridized carbons (Fsp3) is 0.333. The number of nitrogens with zero attached hydrogens (tertiary/aromatic N) is 2. The molecule has 0 aliphatic carbocycles. The molecular weight excluding hydrogens is 356 g/mol. The number of ether oxygens (including phenoxy) is 3. The van der Waals surface area contributed by atoms with Gasteiger partial charge in [0.25, 0.3) is 11.4 Å². The average molecular weight is 372 g/mol. The Morgan fingerprint density at radius 3 is 1.52 bits per heavy atom. The molecule has 2 saturated heterocycles. The molecule has 0 amide bonds. The molecule has 2 aliphatic heterocycles. The Labute approximate surface area is 153 Å². The molecule has 2 unspecified atom stereocenters. The van der Waals surface area contributed by atoms with Crippen molar-refractivity contribution >= 4 is 11.4 Å². The predicted molar refractivity (Wildman–Crippen MR) is 92.2 cm³/mol. The predicted octanol–water partition coefficient (Wildman–Crippen LogP) is 3.10. The average Bonchev–Trinajstić information content (AvgIpc) is 3.55. The van der Waals surface area contributed by atoms with E-state index in [4.69, 9.17) is 14.2 Å². The minimum atomic E-state index is -0.722. The number of rotatable bonds is 8.